The highest BCUT2D eigenvalue weighted by molar-refractivity contribution is 4.76. The molecular weight excluding hydrogens is 152 g/mol. The summed E-state index contributed by atoms with van der Waals surface area (Å²) < 4.78 is 0. The van der Waals surface area contributed by atoms with Gasteiger partial charge in [0.25, 0.3) is 0 Å². The Morgan fingerprint density at radius 2 is 2.08 bits per heavy atom. The lowest BCUT2D eigenvalue weighted by atomic mass is 10.1. The quantitative estimate of drug-likeness (QED) is 0.631. The average molecular weight is 172 g/mol. The third kappa shape index (κ3) is 2.73. The summed E-state index contributed by atoms with van der Waals surface area (Å²) in [6, 6.07) is 0.600. The molecule has 12 heavy (non-hydrogen) atoms. The van der Waals surface area contributed by atoms with E-state index in [1.54, 1.807) is 0 Å². The van der Waals surface area contributed by atoms with Crippen LogP contribution in [0.2, 0.25) is 0 Å². The van der Waals surface area contributed by atoms with Crippen LogP contribution in [0.4, 0.5) is 0 Å². The van der Waals surface area contributed by atoms with Crippen molar-refractivity contribution in [3.05, 3.63) is 0 Å². The first kappa shape index (κ1) is 9.96. The molecule has 1 aliphatic rings. The van der Waals surface area contributed by atoms with Gasteiger partial charge in [-0.3, -0.25) is 4.90 Å². The van der Waals surface area contributed by atoms with Crippen LogP contribution in [-0.2, 0) is 0 Å². The average Bonchev–Trinajstić information content (AvgIpc) is 2.06. The van der Waals surface area contributed by atoms with Gasteiger partial charge in [-0.1, -0.05) is 0 Å². The van der Waals surface area contributed by atoms with Gasteiger partial charge >= 0.3 is 0 Å². The first-order valence-corrected chi connectivity index (χ1v) is 4.80. The van der Waals surface area contributed by atoms with Crippen LogP contribution in [0.15, 0.2) is 0 Å². The molecule has 1 saturated heterocycles. The predicted octanol–water partition coefficient (Wildman–Crippen LogP) is 0.0510. The van der Waals surface area contributed by atoms with Crippen molar-refractivity contribution in [2.45, 2.75) is 31.9 Å². The van der Waals surface area contributed by atoms with E-state index in [0.717, 1.165) is 32.5 Å². The lowest BCUT2D eigenvalue weighted by molar-refractivity contribution is 0.0650. The minimum absolute atomic E-state index is 0.0527. The summed E-state index contributed by atoms with van der Waals surface area (Å²) >= 11 is 0. The number of aliphatic hydroxyl groups excluding tert-OH is 1. The Kier molecular flexibility index (Phi) is 3.98. The maximum atomic E-state index is 9.30. The molecule has 0 amide bonds. The molecule has 0 aromatic rings. The van der Waals surface area contributed by atoms with Gasteiger partial charge in [0.1, 0.15) is 0 Å². The van der Waals surface area contributed by atoms with Crippen LogP contribution in [0.1, 0.15) is 19.8 Å². The second-order valence-electron chi connectivity index (χ2n) is 3.67. The SMILES string of the molecule is CNCC(C)N1CCC(O)CC1. The third-order valence-electron chi connectivity index (χ3n) is 2.62. The molecule has 2 N–H and O–H groups in total. The fourth-order valence-electron chi connectivity index (χ4n) is 1.75. The van der Waals surface area contributed by atoms with Gasteiger partial charge in [-0.25, -0.2) is 0 Å². The largest absolute Gasteiger partial charge is 0.393 e. The number of aliphatic hydroxyl groups is 1. The highest BCUT2D eigenvalue weighted by Gasteiger charge is 2.20. The van der Waals surface area contributed by atoms with Crippen molar-refractivity contribution in [3.63, 3.8) is 0 Å². The highest BCUT2D eigenvalue weighted by atomic mass is 16.3. The van der Waals surface area contributed by atoms with Gasteiger partial charge in [-0.2, -0.15) is 0 Å². The van der Waals surface area contributed by atoms with Crippen molar-refractivity contribution in [1.29, 1.82) is 0 Å². The van der Waals surface area contributed by atoms with Crippen LogP contribution >= 0.6 is 0 Å². The Bertz CT molecular complexity index is 122. The zero-order chi connectivity index (χ0) is 8.97. The molecule has 72 valence electrons. The van der Waals surface area contributed by atoms with Crippen LogP contribution in [0.25, 0.3) is 0 Å². The van der Waals surface area contributed by atoms with Crippen molar-refractivity contribution < 1.29 is 5.11 Å². The summed E-state index contributed by atoms with van der Waals surface area (Å²) in [5.74, 6) is 0. The van der Waals surface area contributed by atoms with Crippen molar-refractivity contribution in [3.8, 4) is 0 Å². The van der Waals surface area contributed by atoms with E-state index in [1.165, 1.54) is 0 Å². The van der Waals surface area contributed by atoms with Crippen molar-refractivity contribution in [2.75, 3.05) is 26.7 Å². The molecule has 1 rings (SSSR count). The van der Waals surface area contributed by atoms with Crippen LogP contribution in [-0.4, -0.2) is 48.8 Å². The zero-order valence-electron chi connectivity index (χ0n) is 8.08. The van der Waals surface area contributed by atoms with Crippen LogP contribution in [0, 0.1) is 0 Å². The Morgan fingerprint density at radius 3 is 2.58 bits per heavy atom. The Balaban J connectivity index is 2.24. The first-order valence-electron chi connectivity index (χ1n) is 4.80. The van der Waals surface area contributed by atoms with E-state index in [9.17, 15) is 5.11 Å². The Morgan fingerprint density at radius 1 is 1.50 bits per heavy atom. The van der Waals surface area contributed by atoms with Gasteiger partial charge in [-0.15, -0.1) is 0 Å². The first-order chi connectivity index (χ1) is 5.74. The molecule has 0 aromatic heterocycles. The normalized spacial score (nSPS) is 24.2. The summed E-state index contributed by atoms with van der Waals surface area (Å²) in [5.41, 5.74) is 0. The van der Waals surface area contributed by atoms with Gasteiger partial charge in [0.15, 0.2) is 0 Å². The lowest BCUT2D eigenvalue weighted by Crippen LogP contribution is -2.45. The second-order valence-corrected chi connectivity index (χ2v) is 3.67. The van der Waals surface area contributed by atoms with E-state index < -0.39 is 0 Å². The highest BCUT2D eigenvalue weighted by Crippen LogP contribution is 2.12. The number of likely N-dealkylation sites (N-methyl/N-ethyl adjacent to an activating group) is 1. The minimum atomic E-state index is -0.0527. The molecule has 0 aromatic carbocycles. The molecule has 1 heterocycles. The van der Waals surface area contributed by atoms with Gasteiger partial charge in [0.05, 0.1) is 6.10 Å². The van der Waals surface area contributed by atoms with Gasteiger partial charge in [0, 0.05) is 25.7 Å². The van der Waals surface area contributed by atoms with Crippen molar-refractivity contribution in [1.82, 2.24) is 10.2 Å². The standard InChI is InChI=1S/C9H20N2O/c1-8(7-10-2)11-5-3-9(12)4-6-11/h8-10,12H,3-7H2,1-2H3. The van der Waals surface area contributed by atoms with Gasteiger partial charge in [-0.05, 0) is 26.8 Å². The van der Waals surface area contributed by atoms with Crippen LogP contribution in [0.3, 0.4) is 0 Å². The smallest absolute Gasteiger partial charge is 0.0564 e. The Hall–Kier alpha value is -0.120. The van der Waals surface area contributed by atoms with Crippen LogP contribution < -0.4 is 5.32 Å². The van der Waals surface area contributed by atoms with E-state index in [1.807, 2.05) is 7.05 Å². The third-order valence-corrected chi connectivity index (χ3v) is 2.62. The molecule has 0 radical (unpaired) electrons. The molecule has 0 bridgehead atoms. The number of piperidine rings is 1. The number of nitrogens with one attached hydrogen (secondary N) is 1. The molecule has 3 nitrogen and oxygen atoms in total. The maximum Gasteiger partial charge on any atom is 0.0564 e. The maximum absolute atomic E-state index is 9.30. The molecule has 1 unspecified atom stereocenters. The van der Waals surface area contributed by atoms with E-state index in [2.05, 4.69) is 17.1 Å². The predicted molar refractivity (Wildman–Crippen MR) is 50.2 cm³/mol. The van der Waals surface area contributed by atoms with Gasteiger partial charge in [0.2, 0.25) is 0 Å². The molecule has 3 heteroatoms. The molecule has 0 saturated carbocycles. The summed E-state index contributed by atoms with van der Waals surface area (Å²) in [4.78, 5) is 2.43. The number of hydrogen-bond donors (Lipinski definition) is 2. The number of likely N-dealkylation sites (tertiary alicyclic amines) is 1. The van der Waals surface area contributed by atoms with Gasteiger partial charge < -0.3 is 10.4 Å². The second kappa shape index (κ2) is 4.80. The molecule has 1 fully saturated rings. The number of rotatable bonds is 3. The van der Waals surface area contributed by atoms with E-state index >= 15 is 0 Å². The molecular formula is C9H20N2O. The lowest BCUT2D eigenvalue weighted by Gasteiger charge is -2.34. The fraction of sp³-hybridized carbons (Fsp3) is 1.00. The molecule has 1 aliphatic heterocycles. The van der Waals surface area contributed by atoms with E-state index in [-0.39, 0.29) is 6.10 Å². The summed E-state index contributed by atoms with van der Waals surface area (Å²) in [6.07, 6.45) is 1.82. The molecule has 0 aliphatic carbocycles. The van der Waals surface area contributed by atoms with Crippen molar-refractivity contribution >= 4 is 0 Å². The summed E-state index contributed by atoms with van der Waals surface area (Å²) in [7, 11) is 1.98. The van der Waals surface area contributed by atoms with Crippen LogP contribution in [0.5, 0.6) is 0 Å². The number of nitrogens with zero attached hydrogens (tertiary/aromatic N) is 1. The topological polar surface area (TPSA) is 35.5 Å². The Labute approximate surface area is 74.8 Å². The minimum Gasteiger partial charge on any atom is -0.393 e. The monoisotopic (exact) mass is 172 g/mol. The zero-order valence-corrected chi connectivity index (χ0v) is 8.08. The number of hydrogen-bond acceptors (Lipinski definition) is 3. The van der Waals surface area contributed by atoms with E-state index in [4.69, 9.17) is 0 Å². The fourth-order valence-corrected chi connectivity index (χ4v) is 1.75. The molecule has 1 atom stereocenters. The van der Waals surface area contributed by atoms with E-state index in [0.29, 0.717) is 6.04 Å². The van der Waals surface area contributed by atoms with Crippen molar-refractivity contribution in [2.24, 2.45) is 0 Å². The summed E-state index contributed by atoms with van der Waals surface area (Å²) in [5, 5.41) is 12.5. The molecule has 0 spiro atoms. The summed E-state index contributed by atoms with van der Waals surface area (Å²) in [6.45, 7) is 5.36.